The molecule has 1 atom stereocenters. The minimum absolute atomic E-state index is 0.00863. The molecule has 1 amide bonds. The third-order valence-corrected chi connectivity index (χ3v) is 10.3. The number of halogens is 1. The fourth-order valence-corrected chi connectivity index (χ4v) is 7.78. The van der Waals surface area contributed by atoms with Gasteiger partial charge in [0.25, 0.3) is 5.91 Å². The number of aromatic nitrogens is 3. The Morgan fingerprint density at radius 3 is 2.47 bits per heavy atom. The number of amides is 1. The summed E-state index contributed by atoms with van der Waals surface area (Å²) in [4.78, 5) is 33.7. The van der Waals surface area contributed by atoms with Crippen LogP contribution in [0.25, 0.3) is 22.3 Å². The number of fused-ring (bicyclic) bond motifs is 2. The van der Waals surface area contributed by atoms with E-state index in [0.29, 0.717) is 63.9 Å². The highest BCUT2D eigenvalue weighted by molar-refractivity contribution is 7.16. The summed E-state index contributed by atoms with van der Waals surface area (Å²) in [7, 11) is 1.89. The number of nitrogens with zero attached hydrogens (tertiary/aromatic N) is 7. The number of likely N-dealkylation sites (tertiary alicyclic amines) is 1. The normalized spacial score (nSPS) is 20.2. The quantitative estimate of drug-likeness (QED) is 0.331. The predicted octanol–water partition coefficient (Wildman–Crippen LogP) is 4.41. The van der Waals surface area contributed by atoms with Crippen molar-refractivity contribution < 1.29 is 19.4 Å². The van der Waals surface area contributed by atoms with Gasteiger partial charge in [0.15, 0.2) is 5.13 Å². The molecule has 7 rings (SSSR count). The molecule has 1 aliphatic carbocycles. The number of hydrogen-bond donors (Lipinski definition) is 2. The van der Waals surface area contributed by atoms with Crippen LogP contribution in [0.4, 0.5) is 21.0 Å². The molecule has 5 heterocycles. The van der Waals surface area contributed by atoms with E-state index in [4.69, 9.17) is 15.0 Å². The zero-order valence-electron chi connectivity index (χ0n) is 25.8. The fourth-order valence-electron chi connectivity index (χ4n) is 6.93. The van der Waals surface area contributed by atoms with Crippen molar-refractivity contribution in [2.75, 3.05) is 43.0 Å². The average molecular weight is 628 g/mol. The summed E-state index contributed by atoms with van der Waals surface area (Å²) in [5.74, 6) is 0.195. The molecule has 2 N–H and O–H groups in total. The monoisotopic (exact) mass is 627 g/mol. The van der Waals surface area contributed by atoms with Crippen molar-refractivity contribution in [2.45, 2.75) is 51.7 Å². The van der Waals surface area contributed by atoms with Crippen molar-refractivity contribution in [3.8, 4) is 17.3 Å². The number of benzene rings is 1. The van der Waals surface area contributed by atoms with Gasteiger partial charge in [0, 0.05) is 49.8 Å². The summed E-state index contributed by atoms with van der Waals surface area (Å²) in [5.41, 5.74) is 3.28. The van der Waals surface area contributed by atoms with Crippen LogP contribution in [0.15, 0.2) is 30.3 Å². The number of rotatable bonds is 5. The zero-order chi connectivity index (χ0) is 32.1. The Hall–Kier alpha value is -4.18. The summed E-state index contributed by atoms with van der Waals surface area (Å²) in [6.07, 6.45) is 1.13. The molecule has 10 nitrogen and oxygen atoms in total. The fraction of sp³-hybridized carbons (Fsp3) is 0.424. The minimum Gasteiger partial charge on any atom is -0.384 e. The molecule has 4 aromatic rings. The van der Waals surface area contributed by atoms with Crippen LogP contribution >= 0.6 is 11.3 Å². The van der Waals surface area contributed by atoms with Gasteiger partial charge in [-0.15, -0.1) is 0 Å². The highest BCUT2D eigenvalue weighted by atomic mass is 32.1. The first-order chi connectivity index (χ1) is 21.2. The van der Waals surface area contributed by atoms with Crippen LogP contribution in [0, 0.1) is 29.5 Å². The van der Waals surface area contributed by atoms with Crippen LogP contribution in [0.1, 0.15) is 48.9 Å². The minimum atomic E-state index is -1.38. The van der Waals surface area contributed by atoms with Crippen molar-refractivity contribution in [2.24, 2.45) is 5.41 Å². The second kappa shape index (κ2) is 9.91. The van der Waals surface area contributed by atoms with E-state index in [9.17, 15) is 24.7 Å². The van der Waals surface area contributed by atoms with Gasteiger partial charge < -0.3 is 24.9 Å². The van der Waals surface area contributed by atoms with E-state index in [1.807, 2.05) is 24.9 Å². The van der Waals surface area contributed by atoms with Gasteiger partial charge in [-0.1, -0.05) is 11.3 Å². The van der Waals surface area contributed by atoms with Crippen LogP contribution in [0.2, 0.25) is 0 Å². The van der Waals surface area contributed by atoms with E-state index in [0.717, 1.165) is 35.7 Å². The molecule has 0 unspecified atom stereocenters. The molecular weight excluding hydrogens is 593 g/mol. The van der Waals surface area contributed by atoms with E-state index >= 15 is 0 Å². The number of carbonyl (C=O) groups is 1. The number of aryl methyl sites for hydroxylation is 1. The zero-order valence-corrected chi connectivity index (χ0v) is 26.7. The van der Waals surface area contributed by atoms with E-state index < -0.39 is 11.2 Å². The van der Waals surface area contributed by atoms with Gasteiger partial charge in [-0.2, -0.15) is 5.26 Å². The number of hydrogen-bond acceptors (Lipinski definition) is 10. The van der Waals surface area contributed by atoms with Crippen LogP contribution in [-0.2, 0) is 16.8 Å². The molecule has 232 valence electrons. The summed E-state index contributed by atoms with van der Waals surface area (Å²) in [6.45, 7) is 9.53. The molecule has 0 saturated carbocycles. The van der Waals surface area contributed by atoms with Crippen molar-refractivity contribution >= 4 is 44.9 Å². The molecule has 3 aromatic heterocycles. The second-order valence-electron chi connectivity index (χ2n) is 13.5. The highest BCUT2D eigenvalue weighted by Crippen LogP contribution is 2.48. The van der Waals surface area contributed by atoms with Gasteiger partial charge in [-0.05, 0) is 76.4 Å². The third-order valence-electron chi connectivity index (χ3n) is 9.26. The summed E-state index contributed by atoms with van der Waals surface area (Å²) in [6, 6.07) is 10.2. The van der Waals surface area contributed by atoms with Gasteiger partial charge in [-0.3, -0.25) is 4.79 Å². The van der Waals surface area contributed by atoms with Crippen LogP contribution in [0.3, 0.4) is 0 Å². The second-order valence-corrected chi connectivity index (χ2v) is 14.5. The highest BCUT2D eigenvalue weighted by Gasteiger charge is 2.55. The molecule has 1 aromatic carbocycles. The van der Waals surface area contributed by atoms with Crippen molar-refractivity contribution in [3.63, 3.8) is 0 Å². The maximum Gasteiger partial charge on any atom is 0.253 e. The van der Waals surface area contributed by atoms with Crippen LogP contribution < -0.4 is 9.80 Å². The molecular formula is C33H34FN7O3S. The molecule has 45 heavy (non-hydrogen) atoms. The van der Waals surface area contributed by atoms with Gasteiger partial charge in [0.2, 0.25) is 0 Å². The van der Waals surface area contributed by atoms with E-state index in [2.05, 4.69) is 11.0 Å². The van der Waals surface area contributed by atoms with Crippen LogP contribution in [0.5, 0.6) is 0 Å². The van der Waals surface area contributed by atoms with E-state index in [-0.39, 0.29) is 17.1 Å². The van der Waals surface area contributed by atoms with Gasteiger partial charge >= 0.3 is 0 Å². The number of carbonyl (C=O) groups excluding carboxylic acids is 1. The molecule has 12 heteroatoms. The summed E-state index contributed by atoms with van der Waals surface area (Å²) in [5, 5.41) is 31.9. The Bertz CT molecular complexity index is 1910. The van der Waals surface area contributed by atoms with Crippen LogP contribution in [-0.4, -0.2) is 74.8 Å². The Balaban J connectivity index is 1.27. The Morgan fingerprint density at radius 1 is 1.13 bits per heavy atom. The maximum atomic E-state index is 13.6. The molecule has 1 spiro atoms. The first-order valence-corrected chi connectivity index (χ1v) is 15.8. The Kier molecular flexibility index (Phi) is 6.50. The molecule has 0 radical (unpaired) electrons. The van der Waals surface area contributed by atoms with Gasteiger partial charge in [-0.25, -0.2) is 19.3 Å². The topological polar surface area (TPSA) is 130 Å². The first-order valence-electron chi connectivity index (χ1n) is 14.9. The number of anilines is 3. The number of aliphatic hydroxyl groups is 2. The number of thiazole rings is 1. The van der Waals surface area contributed by atoms with E-state index in [1.54, 1.807) is 24.0 Å². The van der Waals surface area contributed by atoms with E-state index in [1.165, 1.54) is 37.3 Å². The van der Waals surface area contributed by atoms with Gasteiger partial charge in [0.1, 0.15) is 45.0 Å². The lowest BCUT2D eigenvalue weighted by atomic mass is 9.72. The lowest BCUT2D eigenvalue weighted by Gasteiger charge is -2.61. The smallest absolute Gasteiger partial charge is 0.253 e. The predicted molar refractivity (Wildman–Crippen MR) is 170 cm³/mol. The largest absolute Gasteiger partial charge is 0.384 e. The first kappa shape index (κ1) is 29.5. The number of nitriles is 1. The molecule has 2 fully saturated rings. The van der Waals surface area contributed by atoms with Crippen molar-refractivity contribution in [3.05, 3.63) is 57.8 Å². The Labute approximate surface area is 264 Å². The number of pyridine rings is 2. The molecule has 2 saturated heterocycles. The molecule has 2 aliphatic heterocycles. The third kappa shape index (κ3) is 4.72. The average Bonchev–Trinajstić information content (AvgIpc) is 3.50. The summed E-state index contributed by atoms with van der Waals surface area (Å²) >= 11 is 1.25. The lowest BCUT2D eigenvalue weighted by Crippen LogP contribution is -2.74. The molecule has 3 aliphatic rings. The SMILES string of the molecule is Cc1cc(N2CC3(CN(C(=O)C(C)(C)O)C3)C2)nc2c(N(C)c3nc(-c4ccc(F)cc4)c(C#N)s3)c3c(nc12)[C@](C)(O)CC3. The van der Waals surface area contributed by atoms with Crippen molar-refractivity contribution in [1.29, 1.82) is 5.26 Å². The summed E-state index contributed by atoms with van der Waals surface area (Å²) < 4.78 is 13.6. The standard InChI is InChI=1S/C33H34FN7O3S/c1-18-12-23(40-14-33(15-40)16-41(17-33)29(42)31(2,3)43)36-26-24(18)37-28-21(10-11-32(28,4)44)27(26)39(5)30-38-25(22(13-35)45-30)19-6-8-20(34)9-7-19/h6-9,12,43-44H,10-11,14-17H2,1-5H3/t32-/m1/s1. The van der Waals surface area contributed by atoms with Gasteiger partial charge in [0.05, 0.1) is 16.9 Å². The van der Waals surface area contributed by atoms with Crippen molar-refractivity contribution in [1.82, 2.24) is 19.9 Å². The maximum absolute atomic E-state index is 13.6. The lowest BCUT2D eigenvalue weighted by molar-refractivity contribution is -0.162. The molecule has 0 bridgehead atoms. The Morgan fingerprint density at radius 2 is 1.82 bits per heavy atom.